The van der Waals surface area contributed by atoms with Crippen LogP contribution in [0.3, 0.4) is 0 Å². The van der Waals surface area contributed by atoms with Gasteiger partial charge >= 0.3 is 0 Å². The van der Waals surface area contributed by atoms with Gasteiger partial charge in [-0.25, -0.2) is 9.97 Å². The van der Waals surface area contributed by atoms with E-state index in [1.165, 1.54) is 111 Å². The molecular formula is C88H98N4S2. The van der Waals surface area contributed by atoms with Crippen LogP contribution in [-0.2, 0) is 43.3 Å². The molecule has 6 heteroatoms. The van der Waals surface area contributed by atoms with Crippen molar-refractivity contribution in [2.24, 2.45) is 0 Å². The Morgan fingerprint density at radius 2 is 0.479 bits per heavy atom. The molecule has 94 heavy (non-hydrogen) atoms. The van der Waals surface area contributed by atoms with Crippen LogP contribution in [0.25, 0.3) is 130 Å². The van der Waals surface area contributed by atoms with Crippen molar-refractivity contribution >= 4 is 86.7 Å². The Labute approximate surface area is 568 Å². The Morgan fingerprint density at radius 1 is 0.245 bits per heavy atom. The first-order chi connectivity index (χ1) is 43.5. The maximum atomic E-state index is 5.64. The second-order valence-electron chi connectivity index (χ2n) is 35.7. The Bertz CT molecular complexity index is 4700. The lowest BCUT2D eigenvalue weighted by Gasteiger charge is -2.26. The highest BCUT2D eigenvalue weighted by atomic mass is 32.1. The van der Waals surface area contributed by atoms with E-state index in [1.807, 2.05) is 0 Å². The molecule has 0 aliphatic rings. The third-order valence-electron chi connectivity index (χ3n) is 19.8. The summed E-state index contributed by atoms with van der Waals surface area (Å²) >= 11 is 3.53. The summed E-state index contributed by atoms with van der Waals surface area (Å²) in [6.45, 7) is 55.9. The van der Waals surface area contributed by atoms with Crippen molar-refractivity contribution in [1.29, 1.82) is 0 Å². The van der Waals surface area contributed by atoms with Crippen LogP contribution in [0, 0.1) is 0 Å². The van der Waals surface area contributed by atoms with Crippen LogP contribution in [0.1, 0.15) is 211 Å². The molecule has 0 radical (unpaired) electrons. The smallest absolute Gasteiger partial charge is 0.126 e. The molecule has 4 nitrogen and oxygen atoms in total. The fourth-order valence-corrected chi connectivity index (χ4v) is 15.3. The average molecular weight is 1280 g/mol. The average Bonchev–Trinajstić information content (AvgIpc) is 1.57. The third kappa shape index (κ3) is 12.3. The van der Waals surface area contributed by atoms with Crippen molar-refractivity contribution in [2.45, 2.75) is 209 Å². The van der Waals surface area contributed by atoms with Crippen LogP contribution in [0.2, 0.25) is 0 Å². The van der Waals surface area contributed by atoms with Crippen LogP contribution in [-0.4, -0.2) is 19.9 Å². The van der Waals surface area contributed by atoms with E-state index in [1.54, 1.807) is 22.7 Å². The summed E-state index contributed by atoms with van der Waals surface area (Å²) in [5.74, 6) is 0. The van der Waals surface area contributed by atoms with Crippen molar-refractivity contribution in [3.8, 4) is 65.6 Å². The number of nitrogens with one attached hydrogen (secondary N) is 2. The van der Waals surface area contributed by atoms with E-state index in [0.717, 1.165) is 63.6 Å². The molecule has 0 spiro atoms. The fourth-order valence-electron chi connectivity index (χ4n) is 13.3. The lowest BCUT2D eigenvalue weighted by molar-refractivity contribution is 0.568. The highest BCUT2D eigenvalue weighted by molar-refractivity contribution is 7.23. The minimum absolute atomic E-state index is 0.000424. The number of fused-ring (bicyclic) bond motifs is 8. The van der Waals surface area contributed by atoms with E-state index in [4.69, 9.17) is 9.97 Å². The largest absolute Gasteiger partial charge is 0.354 e. The molecule has 482 valence electrons. The summed E-state index contributed by atoms with van der Waals surface area (Å²) in [4.78, 5) is 19.3. The quantitative estimate of drug-likeness (QED) is 0.174. The Balaban J connectivity index is 0.993. The van der Waals surface area contributed by atoms with Gasteiger partial charge in [0.2, 0.25) is 0 Å². The Morgan fingerprint density at radius 3 is 0.734 bits per heavy atom. The number of aromatic amines is 2. The summed E-state index contributed by atoms with van der Waals surface area (Å²) in [5.41, 5.74) is 28.9. The molecule has 0 saturated heterocycles. The van der Waals surface area contributed by atoms with Gasteiger partial charge in [0.05, 0.1) is 31.5 Å². The van der Waals surface area contributed by atoms with Crippen LogP contribution in [0.15, 0.2) is 146 Å². The molecule has 13 rings (SSSR count). The maximum Gasteiger partial charge on any atom is 0.126 e. The molecular weight excluding hydrogens is 1180 g/mol. The van der Waals surface area contributed by atoms with Gasteiger partial charge in [0, 0.05) is 43.7 Å². The predicted octanol–water partition coefficient (Wildman–Crippen LogP) is 26.6. The van der Waals surface area contributed by atoms with E-state index >= 15 is 0 Å². The molecule has 0 aliphatic carbocycles. The van der Waals surface area contributed by atoms with Gasteiger partial charge in [-0.3, -0.25) is 0 Å². The molecule has 13 aromatic rings. The van der Waals surface area contributed by atoms with Gasteiger partial charge in [-0.15, -0.1) is 22.7 Å². The lowest BCUT2D eigenvalue weighted by Crippen LogP contribution is -2.16. The second kappa shape index (κ2) is 21.9. The minimum Gasteiger partial charge on any atom is -0.354 e. The van der Waals surface area contributed by atoms with E-state index in [2.05, 4.69) is 322 Å². The highest BCUT2D eigenvalue weighted by Crippen LogP contribution is 2.48. The van der Waals surface area contributed by atoms with Gasteiger partial charge in [0.15, 0.2) is 0 Å². The summed E-state index contributed by atoms with van der Waals surface area (Å²) in [6, 6.07) is 57.4. The summed E-state index contributed by atoms with van der Waals surface area (Å²) in [6.07, 6.45) is 0. The monoisotopic (exact) mass is 1270 g/mol. The number of thiazole rings is 2. The second-order valence-corrected chi connectivity index (χ2v) is 37.7. The minimum atomic E-state index is -0.0426. The van der Waals surface area contributed by atoms with Crippen LogP contribution >= 0.6 is 22.7 Å². The number of rotatable bonds is 6. The first-order valence-electron chi connectivity index (χ1n) is 34.1. The number of nitrogens with zero attached hydrogens (tertiary/aromatic N) is 2. The fraction of sp³-hybridized carbons (Fsp3) is 0.364. The van der Waals surface area contributed by atoms with Gasteiger partial charge in [-0.05, 0) is 193 Å². The molecule has 0 fully saturated rings. The van der Waals surface area contributed by atoms with Gasteiger partial charge < -0.3 is 9.97 Å². The van der Waals surface area contributed by atoms with Gasteiger partial charge in [0.25, 0.3) is 0 Å². The van der Waals surface area contributed by atoms with Crippen LogP contribution in [0.5, 0.6) is 0 Å². The van der Waals surface area contributed by atoms with E-state index < -0.39 is 0 Å². The molecule has 9 aromatic carbocycles. The number of hydrogen-bond donors (Lipinski definition) is 2. The number of H-pyrrole nitrogens is 2. The summed E-state index contributed by atoms with van der Waals surface area (Å²) in [7, 11) is 0. The molecule has 0 saturated carbocycles. The number of aromatic nitrogens is 4. The van der Waals surface area contributed by atoms with Gasteiger partial charge in [0.1, 0.15) is 10.0 Å². The predicted molar refractivity (Wildman–Crippen MR) is 414 cm³/mol. The zero-order valence-electron chi connectivity index (χ0n) is 60.6. The van der Waals surface area contributed by atoms with Crippen molar-refractivity contribution < 1.29 is 0 Å². The van der Waals surface area contributed by atoms with E-state index in [0.29, 0.717) is 0 Å². The van der Waals surface area contributed by atoms with Crippen molar-refractivity contribution in [2.75, 3.05) is 0 Å². The first-order valence-corrected chi connectivity index (χ1v) is 35.7. The van der Waals surface area contributed by atoms with Gasteiger partial charge in [-0.2, -0.15) is 0 Å². The zero-order chi connectivity index (χ0) is 67.7. The zero-order valence-corrected chi connectivity index (χ0v) is 62.2. The topological polar surface area (TPSA) is 57.4 Å². The summed E-state index contributed by atoms with van der Waals surface area (Å²) < 4.78 is 2.23. The molecule has 0 unspecified atom stereocenters. The number of benzene rings is 9. The molecule has 4 aromatic heterocycles. The third-order valence-corrected chi connectivity index (χ3v) is 21.9. The lowest BCUT2D eigenvalue weighted by atomic mass is 9.78. The van der Waals surface area contributed by atoms with E-state index in [-0.39, 0.29) is 43.3 Å². The summed E-state index contributed by atoms with van der Waals surface area (Å²) in [5, 5.41) is 6.79. The molecule has 0 bridgehead atoms. The number of hydrogen-bond acceptors (Lipinski definition) is 4. The molecule has 4 heterocycles. The molecule has 0 amide bonds. The normalized spacial score (nSPS) is 13.5. The Hall–Kier alpha value is -7.64. The highest BCUT2D eigenvalue weighted by Gasteiger charge is 2.29. The van der Waals surface area contributed by atoms with Crippen molar-refractivity contribution in [3.63, 3.8) is 0 Å². The molecule has 2 N–H and O–H groups in total. The first kappa shape index (κ1) is 65.0. The van der Waals surface area contributed by atoms with Crippen LogP contribution in [0.4, 0.5) is 0 Å². The standard InChI is InChI=1S/C88H98N4S2/c1-81(2,3)57-29-51(30-58(43-57)82(4,5)6)49-25-27-71-65(37-49)67-39-55(53-33-61(85(13,14)15)45-62(34-53)86(16,17)18)41-69(77(67)89-71)79-91-73-47-76-74(48-75(73)93-79)92-80(94-76)70-42-56(54-35-63(87(19,20)21)46-64(36-54)88(22,23)24)40-68-66-38-50(26-28-72(66)90-78(68)70)52-31-59(83(7,8)9)44-60(32-52)84(10,11)12/h25-48,89-90H,1-24H3. The van der Waals surface area contributed by atoms with Crippen molar-refractivity contribution in [3.05, 3.63) is 190 Å². The molecule has 0 atom stereocenters. The van der Waals surface area contributed by atoms with Gasteiger partial charge in [-0.1, -0.05) is 251 Å². The molecule has 0 aliphatic heterocycles. The van der Waals surface area contributed by atoms with E-state index in [9.17, 15) is 0 Å². The van der Waals surface area contributed by atoms with Crippen molar-refractivity contribution in [1.82, 2.24) is 19.9 Å². The Kier molecular flexibility index (Phi) is 15.2. The van der Waals surface area contributed by atoms with Crippen LogP contribution < -0.4 is 0 Å². The SMILES string of the molecule is CC(C)(C)c1cc(-c2ccc3[nH]c4c(-c5nc6cc7sc(-c8cc(-c9cc(C(C)(C)C)cc(C(C)(C)C)c9)cc9c8[nH]c8ccc(-c%10cc(C(C)(C)C)cc(C(C)(C)C)c%10)cc89)nc7cc6s5)cc(-c5cc(C(C)(C)C)cc(C(C)(C)C)c5)cc4c3c2)cc(C(C)(C)C)c1. The maximum absolute atomic E-state index is 5.64.